The summed E-state index contributed by atoms with van der Waals surface area (Å²) in [6.07, 6.45) is 1.72. The second-order valence-corrected chi connectivity index (χ2v) is 13.5. The molecule has 0 aliphatic carbocycles. The van der Waals surface area contributed by atoms with E-state index in [0.29, 0.717) is 48.0 Å². The smallest absolute Gasteiger partial charge is 0.265 e. The Balaban J connectivity index is 4.01. The van der Waals surface area contributed by atoms with Crippen molar-refractivity contribution in [1.82, 2.24) is 0 Å². The van der Waals surface area contributed by atoms with Crippen LogP contribution < -0.4 is 0 Å². The van der Waals surface area contributed by atoms with Gasteiger partial charge < -0.3 is 0 Å². The van der Waals surface area contributed by atoms with E-state index in [-0.39, 0.29) is 11.2 Å². The summed E-state index contributed by atoms with van der Waals surface area (Å²) in [5, 5.41) is 11.6. The lowest BCUT2D eigenvalue weighted by atomic mass is 9.93. The Hall–Kier alpha value is 0.440. The average Bonchev–Trinajstić information content (AvgIpc) is 2.49. The standard InChI is InChI=1S/C15H32O8S4/c1-14(2,12-24-23-22-16)6-10-25(17)8-5-9-26(18)11-7-15(3,4)13-27(19,20)21/h16H,5-13H2,1-4H3,(H,19,20,21). The van der Waals surface area contributed by atoms with Gasteiger partial charge in [-0.15, -0.1) is 4.33 Å². The van der Waals surface area contributed by atoms with Crippen molar-refractivity contribution in [2.45, 2.75) is 47.0 Å². The first kappa shape index (κ1) is 27.4. The van der Waals surface area contributed by atoms with Crippen molar-refractivity contribution in [3.63, 3.8) is 0 Å². The highest BCUT2D eigenvalue weighted by Gasteiger charge is 2.25. The molecular formula is C15H32O8S4. The molecule has 0 aliphatic rings. The van der Waals surface area contributed by atoms with Crippen LogP contribution in [0.15, 0.2) is 0 Å². The van der Waals surface area contributed by atoms with E-state index in [1.165, 1.54) is 0 Å². The lowest BCUT2D eigenvalue weighted by molar-refractivity contribution is -0.432. The van der Waals surface area contributed by atoms with Crippen molar-refractivity contribution in [1.29, 1.82) is 0 Å². The van der Waals surface area contributed by atoms with E-state index in [2.05, 4.69) is 9.37 Å². The molecule has 0 radical (unpaired) electrons. The number of hydrogen-bond donors (Lipinski definition) is 2. The maximum Gasteiger partial charge on any atom is 0.265 e. The molecule has 27 heavy (non-hydrogen) atoms. The molecule has 0 heterocycles. The van der Waals surface area contributed by atoms with Crippen LogP contribution in [0.25, 0.3) is 0 Å². The van der Waals surface area contributed by atoms with E-state index >= 15 is 0 Å². The van der Waals surface area contributed by atoms with Gasteiger partial charge in [-0.05, 0) is 30.1 Å². The van der Waals surface area contributed by atoms with Crippen LogP contribution in [-0.2, 0) is 41.1 Å². The maximum absolute atomic E-state index is 12.1. The third-order valence-electron chi connectivity index (χ3n) is 3.86. The Morgan fingerprint density at radius 2 is 1.41 bits per heavy atom. The minimum atomic E-state index is -4.05. The fourth-order valence-corrected chi connectivity index (χ4v) is 6.98. The zero-order chi connectivity index (χ0) is 21.1. The molecule has 8 nitrogen and oxygen atoms in total. The Bertz CT molecular complexity index is 574. The third-order valence-corrected chi connectivity index (χ3v) is 8.87. The molecule has 12 heteroatoms. The molecule has 0 bridgehead atoms. The average molecular weight is 469 g/mol. The van der Waals surface area contributed by atoms with Crippen LogP contribution >= 0.6 is 12.0 Å². The van der Waals surface area contributed by atoms with Gasteiger partial charge >= 0.3 is 0 Å². The molecule has 0 saturated heterocycles. The van der Waals surface area contributed by atoms with Crippen LogP contribution in [0, 0.1) is 10.8 Å². The summed E-state index contributed by atoms with van der Waals surface area (Å²) >= 11 is 0.980. The Labute approximate surface area is 171 Å². The van der Waals surface area contributed by atoms with Gasteiger partial charge in [0, 0.05) is 62.4 Å². The Morgan fingerprint density at radius 3 is 1.85 bits per heavy atom. The molecule has 0 aromatic rings. The van der Waals surface area contributed by atoms with Gasteiger partial charge in [0.2, 0.25) is 0 Å². The minimum Gasteiger partial charge on any atom is -0.286 e. The van der Waals surface area contributed by atoms with Crippen LogP contribution in [0.2, 0.25) is 0 Å². The molecule has 0 rings (SSSR count). The second-order valence-electron chi connectivity index (χ2n) is 8.01. The molecule has 164 valence electrons. The predicted octanol–water partition coefficient (Wildman–Crippen LogP) is 2.66. The summed E-state index contributed by atoms with van der Waals surface area (Å²) in [6.45, 7) is 7.43. The highest BCUT2D eigenvalue weighted by Crippen LogP contribution is 2.26. The van der Waals surface area contributed by atoms with Crippen molar-refractivity contribution in [3.05, 3.63) is 0 Å². The molecule has 0 fully saturated rings. The van der Waals surface area contributed by atoms with Gasteiger partial charge in [0.05, 0.1) is 5.75 Å². The van der Waals surface area contributed by atoms with Crippen LogP contribution in [-0.4, -0.2) is 61.2 Å². The van der Waals surface area contributed by atoms with E-state index in [1.807, 2.05) is 13.8 Å². The lowest BCUT2D eigenvalue weighted by Gasteiger charge is -2.22. The molecule has 2 N–H and O–H groups in total. The van der Waals surface area contributed by atoms with Crippen molar-refractivity contribution in [2.75, 3.05) is 34.5 Å². The molecule has 0 amide bonds. The van der Waals surface area contributed by atoms with E-state index in [9.17, 15) is 16.8 Å². The lowest BCUT2D eigenvalue weighted by Crippen LogP contribution is -2.26. The first-order chi connectivity index (χ1) is 12.3. The molecule has 2 atom stereocenters. The first-order valence-electron chi connectivity index (χ1n) is 8.51. The van der Waals surface area contributed by atoms with E-state index in [0.717, 1.165) is 12.0 Å². The van der Waals surface area contributed by atoms with Crippen molar-refractivity contribution < 1.29 is 36.0 Å². The summed E-state index contributed by atoms with van der Waals surface area (Å²) < 4.78 is 59.4. The Morgan fingerprint density at radius 1 is 0.926 bits per heavy atom. The summed E-state index contributed by atoms with van der Waals surface area (Å²) in [4.78, 5) is 0. The molecule has 0 spiro atoms. The van der Waals surface area contributed by atoms with E-state index in [4.69, 9.17) is 9.81 Å². The SMILES string of the molecule is CC(C)(CCS(=O)CCCS(=O)CCC(C)(C)CS(=O)(=O)O)CSOOO. The minimum absolute atomic E-state index is 0.125. The van der Waals surface area contributed by atoms with Gasteiger partial charge in [-0.1, -0.05) is 32.7 Å². The maximum atomic E-state index is 12.1. The van der Waals surface area contributed by atoms with Gasteiger partial charge in [0.1, 0.15) is 0 Å². The number of rotatable bonds is 16. The third kappa shape index (κ3) is 17.0. The monoisotopic (exact) mass is 468 g/mol. The summed E-state index contributed by atoms with van der Waals surface area (Å²) in [5.41, 5.74) is -0.763. The van der Waals surface area contributed by atoms with Crippen molar-refractivity contribution in [2.24, 2.45) is 10.8 Å². The quantitative estimate of drug-likeness (QED) is 0.115. The second kappa shape index (κ2) is 12.9. The fourth-order valence-electron chi connectivity index (χ4n) is 2.21. The van der Waals surface area contributed by atoms with E-state index in [1.54, 1.807) is 13.8 Å². The molecule has 0 aromatic carbocycles. The van der Waals surface area contributed by atoms with Crippen LogP contribution in [0.1, 0.15) is 47.0 Å². The highest BCUT2D eigenvalue weighted by molar-refractivity contribution is 7.94. The highest BCUT2D eigenvalue weighted by atomic mass is 32.2. The van der Waals surface area contributed by atoms with Crippen LogP contribution in [0.3, 0.4) is 0 Å². The summed E-state index contributed by atoms with van der Waals surface area (Å²) in [5.74, 6) is 2.00. The predicted molar refractivity (Wildman–Crippen MR) is 111 cm³/mol. The first-order valence-corrected chi connectivity index (χ1v) is 14.0. The van der Waals surface area contributed by atoms with Crippen LogP contribution in [0.4, 0.5) is 0 Å². The summed E-state index contributed by atoms with van der Waals surface area (Å²) in [6, 6.07) is 0. The van der Waals surface area contributed by atoms with E-state index < -0.39 is 37.1 Å². The normalized spacial score (nSPS) is 15.6. The van der Waals surface area contributed by atoms with Crippen LogP contribution in [0.5, 0.6) is 0 Å². The van der Waals surface area contributed by atoms with Gasteiger partial charge in [-0.2, -0.15) is 8.42 Å². The summed E-state index contributed by atoms with van der Waals surface area (Å²) in [7, 11) is -6.16. The van der Waals surface area contributed by atoms with Crippen molar-refractivity contribution in [3.8, 4) is 0 Å². The topological polar surface area (TPSA) is 127 Å². The molecule has 0 aliphatic heterocycles. The van der Waals surface area contributed by atoms with Gasteiger partial charge in [0.15, 0.2) is 0 Å². The zero-order valence-electron chi connectivity index (χ0n) is 16.3. The zero-order valence-corrected chi connectivity index (χ0v) is 19.6. The van der Waals surface area contributed by atoms with Crippen molar-refractivity contribution >= 4 is 43.8 Å². The van der Waals surface area contributed by atoms with Gasteiger partial charge in [-0.25, -0.2) is 5.26 Å². The van der Waals surface area contributed by atoms with Gasteiger partial charge in [0.25, 0.3) is 10.1 Å². The molecular weight excluding hydrogens is 436 g/mol. The largest absolute Gasteiger partial charge is 0.286 e. The molecule has 0 saturated carbocycles. The van der Waals surface area contributed by atoms with Gasteiger partial charge in [-0.3, -0.25) is 13.0 Å². The Kier molecular flexibility index (Phi) is 13.1. The molecule has 2 unspecified atom stereocenters. The molecule has 0 aromatic heterocycles. The fraction of sp³-hybridized carbons (Fsp3) is 1.00. The number of hydrogen-bond acceptors (Lipinski definition) is 8.